The summed E-state index contributed by atoms with van der Waals surface area (Å²) >= 11 is 1.80. The van der Waals surface area contributed by atoms with Gasteiger partial charge in [0.1, 0.15) is 0 Å². The van der Waals surface area contributed by atoms with Crippen LogP contribution in [0.1, 0.15) is 12.8 Å². The Morgan fingerprint density at radius 2 is 2.31 bits per heavy atom. The molecular formula is C12H17NO2S. The number of ether oxygens (including phenoxy) is 2. The van der Waals surface area contributed by atoms with E-state index in [0.717, 1.165) is 32.0 Å². The van der Waals surface area contributed by atoms with E-state index in [1.165, 1.54) is 11.3 Å². The lowest BCUT2D eigenvalue weighted by molar-refractivity contribution is 0.0226. The van der Waals surface area contributed by atoms with Crippen LogP contribution in [0.3, 0.4) is 0 Å². The number of nitrogens with zero attached hydrogens (tertiary/aromatic N) is 1. The summed E-state index contributed by atoms with van der Waals surface area (Å²) in [4.78, 5) is 5.23. The molecule has 0 spiro atoms. The van der Waals surface area contributed by atoms with Crippen LogP contribution in [0.5, 0.6) is 0 Å². The predicted octanol–water partition coefficient (Wildman–Crippen LogP) is 2.37. The number of hydrogen-bond acceptors (Lipinski definition) is 4. The van der Waals surface area contributed by atoms with Crippen molar-refractivity contribution in [2.75, 3.05) is 25.6 Å². The summed E-state index contributed by atoms with van der Waals surface area (Å²) in [6.45, 7) is 2.43. The van der Waals surface area contributed by atoms with Gasteiger partial charge in [0.05, 0.1) is 19.3 Å². The smallest absolute Gasteiger partial charge is 0.0809 e. The molecule has 1 fully saturated rings. The molecule has 0 radical (unpaired) electrons. The fraction of sp³-hybridized carbons (Fsp3) is 0.583. The lowest BCUT2D eigenvalue weighted by atomic mass is 10.2. The van der Waals surface area contributed by atoms with Crippen molar-refractivity contribution in [1.82, 2.24) is 4.98 Å². The SMILES string of the molecule is c1cc(SCCOCC2CCCO2)ccn1. The first-order valence-electron chi connectivity index (χ1n) is 5.67. The van der Waals surface area contributed by atoms with Crippen molar-refractivity contribution in [3.05, 3.63) is 24.5 Å². The first-order chi connectivity index (χ1) is 7.95. The molecule has 4 heteroatoms. The number of pyridine rings is 1. The molecule has 3 nitrogen and oxygen atoms in total. The van der Waals surface area contributed by atoms with Gasteiger partial charge in [0.2, 0.25) is 0 Å². The first kappa shape index (κ1) is 11.9. The number of aromatic nitrogens is 1. The van der Waals surface area contributed by atoms with Crippen molar-refractivity contribution in [2.45, 2.75) is 23.8 Å². The van der Waals surface area contributed by atoms with E-state index in [4.69, 9.17) is 9.47 Å². The van der Waals surface area contributed by atoms with Crippen LogP contribution in [0.2, 0.25) is 0 Å². The van der Waals surface area contributed by atoms with Gasteiger partial charge < -0.3 is 9.47 Å². The topological polar surface area (TPSA) is 31.4 Å². The second kappa shape index (κ2) is 6.89. The molecule has 1 aliphatic rings. The molecule has 0 aromatic carbocycles. The van der Waals surface area contributed by atoms with Crippen LogP contribution in [0.4, 0.5) is 0 Å². The van der Waals surface area contributed by atoms with E-state index in [2.05, 4.69) is 4.98 Å². The molecule has 2 heterocycles. The van der Waals surface area contributed by atoms with Crippen LogP contribution in [-0.2, 0) is 9.47 Å². The van der Waals surface area contributed by atoms with Crippen molar-refractivity contribution >= 4 is 11.8 Å². The Hall–Kier alpha value is -0.580. The Morgan fingerprint density at radius 3 is 3.06 bits per heavy atom. The Bertz CT molecular complexity index is 288. The average molecular weight is 239 g/mol. The highest BCUT2D eigenvalue weighted by atomic mass is 32.2. The zero-order chi connectivity index (χ0) is 11.1. The quantitative estimate of drug-likeness (QED) is 0.563. The van der Waals surface area contributed by atoms with Gasteiger partial charge in [0.25, 0.3) is 0 Å². The lowest BCUT2D eigenvalue weighted by Gasteiger charge is -2.09. The average Bonchev–Trinajstić information content (AvgIpc) is 2.83. The predicted molar refractivity (Wildman–Crippen MR) is 64.8 cm³/mol. The Morgan fingerprint density at radius 1 is 1.44 bits per heavy atom. The highest BCUT2D eigenvalue weighted by Crippen LogP contribution is 2.16. The number of thioether (sulfide) groups is 1. The summed E-state index contributed by atoms with van der Waals surface area (Å²) < 4.78 is 11.1. The minimum Gasteiger partial charge on any atom is -0.378 e. The third kappa shape index (κ3) is 4.12. The zero-order valence-electron chi connectivity index (χ0n) is 9.30. The van der Waals surface area contributed by atoms with Crippen molar-refractivity contribution < 1.29 is 9.47 Å². The second-order valence-corrected chi connectivity index (χ2v) is 4.91. The third-order valence-corrected chi connectivity index (χ3v) is 3.45. The molecule has 0 saturated carbocycles. The monoisotopic (exact) mass is 239 g/mol. The van der Waals surface area contributed by atoms with Crippen molar-refractivity contribution in [3.63, 3.8) is 0 Å². The summed E-state index contributed by atoms with van der Waals surface area (Å²) in [6, 6.07) is 4.04. The minimum absolute atomic E-state index is 0.339. The van der Waals surface area contributed by atoms with Crippen LogP contribution in [-0.4, -0.2) is 36.7 Å². The normalized spacial score (nSPS) is 20.1. The molecule has 1 unspecified atom stereocenters. The van der Waals surface area contributed by atoms with Gasteiger partial charge in [-0.15, -0.1) is 11.8 Å². The van der Waals surface area contributed by atoms with Gasteiger partial charge in [-0.3, -0.25) is 4.98 Å². The molecule has 88 valence electrons. The van der Waals surface area contributed by atoms with Crippen molar-refractivity contribution in [1.29, 1.82) is 0 Å². The van der Waals surface area contributed by atoms with Crippen molar-refractivity contribution in [3.8, 4) is 0 Å². The highest BCUT2D eigenvalue weighted by molar-refractivity contribution is 7.99. The Kier molecular flexibility index (Phi) is 5.12. The Labute approximate surface area is 101 Å². The van der Waals surface area contributed by atoms with Gasteiger partial charge in [-0.1, -0.05) is 0 Å². The maximum absolute atomic E-state index is 5.58. The fourth-order valence-electron chi connectivity index (χ4n) is 1.64. The molecule has 16 heavy (non-hydrogen) atoms. The van der Waals surface area contributed by atoms with E-state index < -0.39 is 0 Å². The zero-order valence-corrected chi connectivity index (χ0v) is 10.1. The van der Waals surface area contributed by atoms with Gasteiger partial charge in [0, 0.05) is 29.6 Å². The molecule has 1 saturated heterocycles. The van der Waals surface area contributed by atoms with E-state index in [9.17, 15) is 0 Å². The van der Waals surface area contributed by atoms with Crippen LogP contribution in [0.25, 0.3) is 0 Å². The van der Waals surface area contributed by atoms with E-state index in [0.29, 0.717) is 6.10 Å². The summed E-state index contributed by atoms with van der Waals surface area (Å²) in [5, 5.41) is 0. The van der Waals surface area contributed by atoms with Gasteiger partial charge in [0.15, 0.2) is 0 Å². The third-order valence-electron chi connectivity index (χ3n) is 2.47. The molecule has 1 aromatic rings. The van der Waals surface area contributed by atoms with Crippen molar-refractivity contribution in [2.24, 2.45) is 0 Å². The highest BCUT2D eigenvalue weighted by Gasteiger charge is 2.14. The van der Waals surface area contributed by atoms with Gasteiger partial charge in [-0.2, -0.15) is 0 Å². The van der Waals surface area contributed by atoms with E-state index in [1.54, 1.807) is 11.8 Å². The molecule has 0 N–H and O–H groups in total. The summed E-state index contributed by atoms with van der Waals surface area (Å²) in [5.41, 5.74) is 0. The molecule has 0 amide bonds. The molecule has 0 bridgehead atoms. The number of rotatable bonds is 6. The fourth-order valence-corrected chi connectivity index (χ4v) is 2.39. The van der Waals surface area contributed by atoms with Crippen LogP contribution in [0.15, 0.2) is 29.4 Å². The van der Waals surface area contributed by atoms with Crippen LogP contribution in [0, 0.1) is 0 Å². The number of hydrogen-bond donors (Lipinski definition) is 0. The van der Waals surface area contributed by atoms with E-state index in [-0.39, 0.29) is 0 Å². The standard InChI is InChI=1S/C12H17NO2S/c1-2-11(15-7-1)10-14-8-9-16-12-3-5-13-6-4-12/h3-6,11H,1-2,7-10H2. The lowest BCUT2D eigenvalue weighted by Crippen LogP contribution is -2.15. The van der Waals surface area contributed by atoms with Crippen LogP contribution >= 0.6 is 11.8 Å². The van der Waals surface area contributed by atoms with E-state index >= 15 is 0 Å². The van der Waals surface area contributed by atoms with E-state index in [1.807, 2.05) is 24.5 Å². The molecular weight excluding hydrogens is 222 g/mol. The second-order valence-electron chi connectivity index (χ2n) is 3.74. The van der Waals surface area contributed by atoms with Gasteiger partial charge >= 0.3 is 0 Å². The molecule has 1 aromatic heterocycles. The minimum atomic E-state index is 0.339. The van der Waals surface area contributed by atoms with Crippen LogP contribution < -0.4 is 0 Å². The van der Waals surface area contributed by atoms with Gasteiger partial charge in [-0.05, 0) is 25.0 Å². The summed E-state index contributed by atoms with van der Waals surface area (Å²) in [6.07, 6.45) is 6.30. The molecule has 1 atom stereocenters. The summed E-state index contributed by atoms with van der Waals surface area (Å²) in [5.74, 6) is 0.983. The molecule has 1 aliphatic heterocycles. The summed E-state index contributed by atoms with van der Waals surface area (Å²) in [7, 11) is 0. The van der Waals surface area contributed by atoms with Gasteiger partial charge in [-0.25, -0.2) is 0 Å². The molecule has 0 aliphatic carbocycles. The Balaban J connectivity index is 1.52. The molecule has 2 rings (SSSR count). The maximum Gasteiger partial charge on any atom is 0.0809 e. The first-order valence-corrected chi connectivity index (χ1v) is 6.66. The largest absolute Gasteiger partial charge is 0.378 e. The maximum atomic E-state index is 5.58.